The van der Waals surface area contributed by atoms with Crippen molar-refractivity contribution in [1.82, 2.24) is 15.0 Å². The van der Waals surface area contributed by atoms with E-state index in [4.69, 9.17) is 10.9 Å². The number of nitrogen functional groups attached to an aromatic ring is 1. The fourth-order valence-electron chi connectivity index (χ4n) is 2.91. The van der Waals surface area contributed by atoms with Crippen LogP contribution >= 0.6 is 11.8 Å². The fourth-order valence-corrected chi connectivity index (χ4v) is 4.21. The molecule has 0 aliphatic carbocycles. The predicted octanol–water partition coefficient (Wildman–Crippen LogP) is 2.67. The number of rotatable bonds is 10. The smallest absolute Gasteiger partial charge is 0.238 e. The van der Waals surface area contributed by atoms with Gasteiger partial charge >= 0.3 is 0 Å². The first-order chi connectivity index (χ1) is 15.7. The Morgan fingerprint density at radius 2 is 1.79 bits per heavy atom. The van der Waals surface area contributed by atoms with Gasteiger partial charge in [-0.3, -0.25) is 4.79 Å². The molecule has 0 aliphatic rings. The second-order valence-corrected chi connectivity index (χ2v) is 9.66. The SMILES string of the molecule is CCc1ccccc1Nc1nc(N)nc(CSCCC(=O)Nc2ccc(S(N)(=O)=O)cc2)n1. The van der Waals surface area contributed by atoms with E-state index in [0.29, 0.717) is 29.0 Å². The third-order valence-electron chi connectivity index (χ3n) is 4.51. The normalized spacial score (nSPS) is 11.2. The molecule has 0 spiro atoms. The first-order valence-electron chi connectivity index (χ1n) is 10.1. The Labute approximate surface area is 196 Å². The van der Waals surface area contributed by atoms with Crippen LogP contribution in [0.3, 0.4) is 0 Å². The molecule has 0 saturated carbocycles. The Hall–Kier alpha value is -3.22. The maximum absolute atomic E-state index is 12.1. The van der Waals surface area contributed by atoms with Crippen LogP contribution in [0.5, 0.6) is 0 Å². The number of hydrogen-bond donors (Lipinski definition) is 4. The van der Waals surface area contributed by atoms with Gasteiger partial charge in [0.05, 0.1) is 10.6 Å². The second kappa shape index (κ2) is 11.1. The number of primary sulfonamides is 1. The summed E-state index contributed by atoms with van der Waals surface area (Å²) in [6.45, 7) is 2.07. The number of anilines is 4. The highest BCUT2D eigenvalue weighted by atomic mass is 32.2. The van der Waals surface area contributed by atoms with Gasteiger partial charge in [0, 0.05) is 23.5 Å². The number of nitrogens with zero attached hydrogens (tertiary/aromatic N) is 3. The van der Waals surface area contributed by atoms with Gasteiger partial charge in [-0.15, -0.1) is 0 Å². The summed E-state index contributed by atoms with van der Waals surface area (Å²) >= 11 is 1.49. The molecular weight excluding hydrogens is 462 g/mol. The molecule has 0 unspecified atom stereocenters. The molecule has 0 saturated heterocycles. The number of aryl methyl sites for hydroxylation is 1. The van der Waals surface area contributed by atoms with Crippen molar-refractivity contribution in [2.45, 2.75) is 30.4 Å². The summed E-state index contributed by atoms with van der Waals surface area (Å²) in [6.07, 6.45) is 1.13. The molecule has 0 bridgehead atoms. The highest BCUT2D eigenvalue weighted by molar-refractivity contribution is 7.98. The lowest BCUT2D eigenvalue weighted by molar-refractivity contribution is -0.115. The van der Waals surface area contributed by atoms with E-state index in [1.54, 1.807) is 0 Å². The summed E-state index contributed by atoms with van der Waals surface area (Å²) in [4.78, 5) is 24.9. The largest absolute Gasteiger partial charge is 0.368 e. The van der Waals surface area contributed by atoms with Crippen molar-refractivity contribution in [3.8, 4) is 0 Å². The summed E-state index contributed by atoms with van der Waals surface area (Å²) in [5.74, 6) is 1.82. The molecule has 0 atom stereocenters. The summed E-state index contributed by atoms with van der Waals surface area (Å²) in [5, 5.41) is 11.0. The second-order valence-electron chi connectivity index (χ2n) is 6.99. The molecule has 0 fully saturated rings. The lowest BCUT2D eigenvalue weighted by Crippen LogP contribution is -2.14. The number of sulfonamides is 1. The van der Waals surface area contributed by atoms with Gasteiger partial charge in [-0.25, -0.2) is 13.6 Å². The van der Waals surface area contributed by atoms with E-state index in [1.165, 1.54) is 36.0 Å². The van der Waals surface area contributed by atoms with Crippen molar-refractivity contribution < 1.29 is 13.2 Å². The number of amides is 1. The molecule has 10 nitrogen and oxygen atoms in total. The number of nitrogens with one attached hydrogen (secondary N) is 2. The maximum Gasteiger partial charge on any atom is 0.238 e. The lowest BCUT2D eigenvalue weighted by atomic mass is 10.1. The van der Waals surface area contributed by atoms with Crippen LogP contribution in [0.1, 0.15) is 24.7 Å². The van der Waals surface area contributed by atoms with Crippen molar-refractivity contribution in [3.63, 3.8) is 0 Å². The van der Waals surface area contributed by atoms with E-state index in [9.17, 15) is 13.2 Å². The van der Waals surface area contributed by atoms with Gasteiger partial charge in [0.2, 0.25) is 27.8 Å². The van der Waals surface area contributed by atoms with Crippen LogP contribution in [0.2, 0.25) is 0 Å². The molecule has 1 heterocycles. The van der Waals surface area contributed by atoms with Crippen LogP contribution in [-0.4, -0.2) is 35.0 Å². The van der Waals surface area contributed by atoms with Crippen molar-refractivity contribution >= 4 is 51.0 Å². The maximum atomic E-state index is 12.1. The van der Waals surface area contributed by atoms with Crippen molar-refractivity contribution in [1.29, 1.82) is 0 Å². The standard InChI is InChI=1S/C21H25N7O3S2/c1-2-14-5-3-4-6-17(14)25-21-27-18(26-20(22)28-21)13-32-12-11-19(29)24-15-7-9-16(10-8-15)33(23,30)31/h3-10H,2,11-13H2,1H3,(H,24,29)(H2,23,30,31)(H3,22,25,26,27,28). The molecule has 6 N–H and O–H groups in total. The molecule has 12 heteroatoms. The molecule has 1 amide bonds. The minimum Gasteiger partial charge on any atom is -0.368 e. The van der Waals surface area contributed by atoms with E-state index >= 15 is 0 Å². The van der Waals surface area contributed by atoms with Gasteiger partial charge in [0.15, 0.2) is 0 Å². The van der Waals surface area contributed by atoms with Gasteiger partial charge < -0.3 is 16.4 Å². The van der Waals surface area contributed by atoms with Gasteiger partial charge in [0.1, 0.15) is 5.82 Å². The average Bonchev–Trinajstić information content (AvgIpc) is 2.76. The van der Waals surface area contributed by atoms with Crippen LogP contribution in [-0.2, 0) is 27.0 Å². The molecule has 33 heavy (non-hydrogen) atoms. The highest BCUT2D eigenvalue weighted by Gasteiger charge is 2.10. The quantitative estimate of drug-likeness (QED) is 0.314. The Bertz CT molecular complexity index is 1220. The summed E-state index contributed by atoms with van der Waals surface area (Å²) in [7, 11) is -3.77. The highest BCUT2D eigenvalue weighted by Crippen LogP contribution is 2.20. The Morgan fingerprint density at radius 3 is 2.48 bits per heavy atom. The van der Waals surface area contributed by atoms with Crippen molar-refractivity contribution in [3.05, 3.63) is 59.9 Å². The first kappa shape index (κ1) is 24.4. The van der Waals surface area contributed by atoms with Crippen LogP contribution < -0.4 is 21.5 Å². The number of nitrogens with two attached hydrogens (primary N) is 2. The molecule has 3 rings (SSSR count). The van der Waals surface area contributed by atoms with Gasteiger partial charge in [-0.05, 0) is 42.3 Å². The van der Waals surface area contributed by atoms with E-state index in [1.807, 2.05) is 24.3 Å². The topological polar surface area (TPSA) is 166 Å². The minimum absolute atomic E-state index is 0.0141. The molecule has 3 aromatic rings. The molecule has 1 aromatic heterocycles. The zero-order valence-electron chi connectivity index (χ0n) is 18.0. The minimum atomic E-state index is -3.77. The average molecular weight is 488 g/mol. The molecule has 174 valence electrons. The monoisotopic (exact) mass is 487 g/mol. The van der Waals surface area contributed by atoms with E-state index in [0.717, 1.165) is 17.7 Å². The van der Waals surface area contributed by atoms with Gasteiger partial charge in [0.25, 0.3) is 0 Å². The van der Waals surface area contributed by atoms with Crippen LogP contribution in [0.4, 0.5) is 23.3 Å². The Kier molecular flexibility index (Phi) is 8.20. The number of carbonyl (C=O) groups is 1. The third-order valence-corrected chi connectivity index (χ3v) is 6.40. The van der Waals surface area contributed by atoms with E-state index in [2.05, 4.69) is 32.5 Å². The first-order valence-corrected chi connectivity index (χ1v) is 12.8. The van der Waals surface area contributed by atoms with Crippen molar-refractivity contribution in [2.24, 2.45) is 5.14 Å². The number of carbonyl (C=O) groups excluding carboxylic acids is 1. The van der Waals surface area contributed by atoms with E-state index < -0.39 is 10.0 Å². The summed E-state index contributed by atoms with van der Waals surface area (Å²) in [6, 6.07) is 13.6. The van der Waals surface area contributed by atoms with Gasteiger partial charge in [-0.1, -0.05) is 25.1 Å². The van der Waals surface area contributed by atoms with Crippen molar-refractivity contribution in [2.75, 3.05) is 22.1 Å². The summed E-state index contributed by atoms with van der Waals surface area (Å²) in [5.41, 5.74) is 8.38. The van der Waals surface area contributed by atoms with Crippen LogP contribution in [0.15, 0.2) is 53.4 Å². The fraction of sp³-hybridized carbons (Fsp3) is 0.238. The van der Waals surface area contributed by atoms with Crippen LogP contribution in [0.25, 0.3) is 0 Å². The number of aromatic nitrogens is 3. The number of thioether (sulfide) groups is 1. The lowest BCUT2D eigenvalue weighted by Gasteiger charge is -2.10. The zero-order chi connectivity index (χ0) is 23.8. The predicted molar refractivity (Wildman–Crippen MR) is 131 cm³/mol. The van der Waals surface area contributed by atoms with Crippen LogP contribution in [0, 0.1) is 0 Å². The number of para-hydroxylation sites is 1. The van der Waals surface area contributed by atoms with E-state index in [-0.39, 0.29) is 23.2 Å². The molecular formula is C21H25N7O3S2. The van der Waals surface area contributed by atoms with Gasteiger partial charge in [-0.2, -0.15) is 26.7 Å². The zero-order valence-corrected chi connectivity index (χ0v) is 19.6. The third kappa shape index (κ3) is 7.41. The number of benzene rings is 2. The molecule has 0 aliphatic heterocycles. The summed E-state index contributed by atoms with van der Waals surface area (Å²) < 4.78 is 22.6. The molecule has 2 aromatic carbocycles. The molecule has 0 radical (unpaired) electrons. The Balaban J connectivity index is 1.49. The Morgan fingerprint density at radius 1 is 1.06 bits per heavy atom. The number of hydrogen-bond acceptors (Lipinski definition) is 9.